The Morgan fingerprint density at radius 2 is 2.14 bits per heavy atom. The van der Waals surface area contributed by atoms with Crippen molar-refractivity contribution in [3.63, 3.8) is 0 Å². The average molecular weight is 307 g/mol. The first-order valence-electron chi connectivity index (χ1n) is 6.58. The van der Waals surface area contributed by atoms with E-state index < -0.39 is 12.0 Å². The molecule has 21 heavy (non-hydrogen) atoms. The standard InChI is InChI=1S/C14H17N3O3S/c1-3-20-14(19)16-12(18)8-17(2)9-13-15-10-6-4-5-7-11(10)21-13/h4-7H,3,8-9H2,1-2H3,(H,16,18,19). The van der Waals surface area contributed by atoms with E-state index in [1.54, 1.807) is 30.2 Å². The number of hydrogen-bond acceptors (Lipinski definition) is 6. The molecular weight excluding hydrogens is 290 g/mol. The molecule has 7 heteroatoms. The van der Waals surface area contributed by atoms with Gasteiger partial charge in [-0.25, -0.2) is 9.78 Å². The molecule has 0 atom stereocenters. The van der Waals surface area contributed by atoms with Crippen LogP contribution in [0.15, 0.2) is 24.3 Å². The SMILES string of the molecule is CCOC(=O)NC(=O)CN(C)Cc1nc2ccccc2s1. The Labute approximate surface area is 126 Å². The fraction of sp³-hybridized carbons (Fsp3) is 0.357. The van der Waals surface area contributed by atoms with Crippen LogP contribution in [-0.2, 0) is 16.1 Å². The molecule has 1 aromatic heterocycles. The van der Waals surface area contributed by atoms with Gasteiger partial charge in [-0.2, -0.15) is 0 Å². The number of carbonyl (C=O) groups is 2. The number of carbonyl (C=O) groups excluding carboxylic acids is 2. The molecule has 0 spiro atoms. The predicted octanol–water partition coefficient (Wildman–Crippen LogP) is 2.00. The van der Waals surface area contributed by atoms with Gasteiger partial charge in [-0.3, -0.25) is 15.0 Å². The van der Waals surface area contributed by atoms with Gasteiger partial charge in [0.15, 0.2) is 0 Å². The second kappa shape index (κ2) is 7.14. The number of hydrogen-bond donors (Lipinski definition) is 1. The van der Waals surface area contributed by atoms with Crippen molar-refractivity contribution in [1.29, 1.82) is 0 Å². The van der Waals surface area contributed by atoms with Gasteiger partial charge in [0.1, 0.15) is 5.01 Å². The summed E-state index contributed by atoms with van der Waals surface area (Å²) in [5.41, 5.74) is 0.960. The van der Waals surface area contributed by atoms with Gasteiger partial charge in [-0.05, 0) is 26.1 Å². The van der Waals surface area contributed by atoms with Gasteiger partial charge in [-0.1, -0.05) is 12.1 Å². The first-order chi connectivity index (χ1) is 10.1. The summed E-state index contributed by atoms with van der Waals surface area (Å²) in [6.07, 6.45) is -0.712. The van der Waals surface area contributed by atoms with Crippen molar-refractivity contribution >= 4 is 33.6 Å². The second-order valence-corrected chi connectivity index (χ2v) is 5.63. The van der Waals surface area contributed by atoms with Crippen molar-refractivity contribution in [3.05, 3.63) is 29.3 Å². The monoisotopic (exact) mass is 307 g/mol. The zero-order chi connectivity index (χ0) is 15.2. The number of alkyl carbamates (subject to hydrolysis) is 1. The van der Waals surface area contributed by atoms with Crippen LogP contribution in [-0.4, -0.2) is 42.1 Å². The molecule has 0 aliphatic heterocycles. The van der Waals surface area contributed by atoms with Crippen molar-refractivity contribution in [2.24, 2.45) is 0 Å². The molecule has 1 heterocycles. The highest BCUT2D eigenvalue weighted by atomic mass is 32.1. The van der Waals surface area contributed by atoms with E-state index in [1.165, 1.54) is 0 Å². The maximum atomic E-state index is 11.6. The minimum Gasteiger partial charge on any atom is -0.450 e. The van der Waals surface area contributed by atoms with Crippen LogP contribution in [0.1, 0.15) is 11.9 Å². The van der Waals surface area contributed by atoms with Gasteiger partial charge in [0.2, 0.25) is 5.91 Å². The third-order valence-electron chi connectivity index (χ3n) is 2.67. The summed E-state index contributed by atoms with van der Waals surface area (Å²) in [6, 6.07) is 7.90. The van der Waals surface area contributed by atoms with E-state index >= 15 is 0 Å². The van der Waals surface area contributed by atoms with Gasteiger partial charge in [0.25, 0.3) is 0 Å². The zero-order valence-electron chi connectivity index (χ0n) is 12.0. The number of para-hydroxylation sites is 1. The number of benzene rings is 1. The van der Waals surface area contributed by atoms with Crippen molar-refractivity contribution in [2.75, 3.05) is 20.2 Å². The zero-order valence-corrected chi connectivity index (χ0v) is 12.8. The summed E-state index contributed by atoms with van der Waals surface area (Å²) in [5.74, 6) is -0.392. The molecular formula is C14H17N3O3S. The second-order valence-electron chi connectivity index (χ2n) is 4.52. The van der Waals surface area contributed by atoms with Crippen molar-refractivity contribution in [1.82, 2.24) is 15.2 Å². The van der Waals surface area contributed by atoms with Crippen LogP contribution in [0.4, 0.5) is 4.79 Å². The number of nitrogens with one attached hydrogen (secondary N) is 1. The summed E-state index contributed by atoms with van der Waals surface area (Å²) in [7, 11) is 1.80. The van der Waals surface area contributed by atoms with Gasteiger partial charge in [0, 0.05) is 0 Å². The predicted molar refractivity (Wildman–Crippen MR) is 81.1 cm³/mol. The molecule has 0 radical (unpaired) electrons. The minimum atomic E-state index is -0.712. The lowest BCUT2D eigenvalue weighted by molar-refractivity contribution is -0.121. The first kappa shape index (κ1) is 15.4. The van der Waals surface area contributed by atoms with Crippen LogP contribution in [0.2, 0.25) is 0 Å². The molecule has 0 fully saturated rings. The fourth-order valence-electron chi connectivity index (χ4n) is 1.84. The maximum absolute atomic E-state index is 11.6. The van der Waals surface area contributed by atoms with E-state index in [-0.39, 0.29) is 13.2 Å². The molecule has 2 rings (SSSR count). The number of amides is 2. The van der Waals surface area contributed by atoms with Gasteiger partial charge in [0.05, 0.1) is 29.9 Å². The Kier molecular flexibility index (Phi) is 5.24. The third-order valence-corrected chi connectivity index (χ3v) is 3.69. The molecule has 1 aromatic carbocycles. The molecule has 0 aliphatic rings. The molecule has 0 unspecified atom stereocenters. The number of aromatic nitrogens is 1. The maximum Gasteiger partial charge on any atom is 0.413 e. The van der Waals surface area contributed by atoms with Crippen molar-refractivity contribution in [3.8, 4) is 0 Å². The normalized spacial score (nSPS) is 10.8. The van der Waals surface area contributed by atoms with E-state index in [0.29, 0.717) is 6.54 Å². The topological polar surface area (TPSA) is 71.5 Å². The average Bonchev–Trinajstić information content (AvgIpc) is 2.80. The molecule has 0 saturated heterocycles. The summed E-state index contributed by atoms with van der Waals surface area (Å²) in [6.45, 7) is 2.58. The summed E-state index contributed by atoms with van der Waals surface area (Å²) < 4.78 is 5.77. The Hall–Kier alpha value is -1.99. The Morgan fingerprint density at radius 3 is 2.86 bits per heavy atom. The number of nitrogens with zero attached hydrogens (tertiary/aromatic N) is 2. The van der Waals surface area contributed by atoms with E-state index in [2.05, 4.69) is 15.0 Å². The Morgan fingerprint density at radius 1 is 1.38 bits per heavy atom. The highest BCUT2D eigenvalue weighted by molar-refractivity contribution is 7.18. The smallest absolute Gasteiger partial charge is 0.413 e. The largest absolute Gasteiger partial charge is 0.450 e. The number of imide groups is 1. The van der Waals surface area contributed by atoms with Crippen molar-refractivity contribution < 1.29 is 14.3 Å². The minimum absolute atomic E-state index is 0.106. The van der Waals surface area contributed by atoms with Gasteiger partial charge in [-0.15, -0.1) is 11.3 Å². The first-order valence-corrected chi connectivity index (χ1v) is 7.39. The van der Waals surface area contributed by atoms with Crippen molar-refractivity contribution in [2.45, 2.75) is 13.5 Å². The molecule has 6 nitrogen and oxygen atoms in total. The van der Waals surface area contributed by atoms with Crippen LogP contribution in [0, 0.1) is 0 Å². The third kappa shape index (κ3) is 4.51. The lowest BCUT2D eigenvalue weighted by atomic mass is 10.3. The van der Waals surface area contributed by atoms with Crippen LogP contribution >= 0.6 is 11.3 Å². The van der Waals surface area contributed by atoms with Crippen LogP contribution in [0.25, 0.3) is 10.2 Å². The molecule has 1 N–H and O–H groups in total. The Bertz CT molecular complexity index is 608. The number of ether oxygens (including phenoxy) is 1. The van der Waals surface area contributed by atoms with E-state index in [9.17, 15) is 9.59 Å². The van der Waals surface area contributed by atoms with E-state index in [0.717, 1.165) is 15.2 Å². The lowest BCUT2D eigenvalue weighted by Gasteiger charge is -2.13. The van der Waals surface area contributed by atoms with E-state index in [4.69, 9.17) is 0 Å². The molecule has 0 saturated carbocycles. The number of fused-ring (bicyclic) bond motifs is 1. The number of thiazole rings is 1. The molecule has 2 amide bonds. The fourth-order valence-corrected chi connectivity index (χ4v) is 2.89. The molecule has 0 bridgehead atoms. The number of likely N-dealkylation sites (N-methyl/N-ethyl adjacent to an activating group) is 1. The highest BCUT2D eigenvalue weighted by Crippen LogP contribution is 2.22. The molecule has 112 valence electrons. The molecule has 2 aromatic rings. The summed E-state index contributed by atoms with van der Waals surface area (Å²) >= 11 is 1.60. The van der Waals surface area contributed by atoms with Crippen LogP contribution < -0.4 is 5.32 Å². The lowest BCUT2D eigenvalue weighted by Crippen LogP contribution is -2.38. The summed E-state index contributed by atoms with van der Waals surface area (Å²) in [5, 5.41) is 3.10. The van der Waals surface area contributed by atoms with Crippen LogP contribution in [0.3, 0.4) is 0 Å². The molecule has 0 aliphatic carbocycles. The van der Waals surface area contributed by atoms with Gasteiger partial charge >= 0.3 is 6.09 Å². The Balaban J connectivity index is 1.87. The van der Waals surface area contributed by atoms with Crippen LogP contribution in [0.5, 0.6) is 0 Å². The van der Waals surface area contributed by atoms with E-state index in [1.807, 2.05) is 24.3 Å². The number of rotatable bonds is 5. The quantitative estimate of drug-likeness (QED) is 0.915. The van der Waals surface area contributed by atoms with Gasteiger partial charge < -0.3 is 4.74 Å². The summed E-state index contributed by atoms with van der Waals surface area (Å²) in [4.78, 5) is 29.1. The highest BCUT2D eigenvalue weighted by Gasteiger charge is 2.12.